The van der Waals surface area contributed by atoms with Gasteiger partial charge in [-0.2, -0.15) is 13.2 Å². The second kappa shape index (κ2) is 6.01. The number of hydrogen-bond donors (Lipinski definition) is 0. The molecule has 10 heteroatoms. The van der Waals surface area contributed by atoms with E-state index in [-0.39, 0.29) is 27.0 Å². The van der Waals surface area contributed by atoms with Crippen molar-refractivity contribution in [1.29, 1.82) is 0 Å². The second-order valence-corrected chi connectivity index (χ2v) is 6.45. The fraction of sp³-hybridized carbons (Fsp3) is 0.333. The van der Waals surface area contributed by atoms with E-state index in [1.54, 1.807) is 0 Å². The van der Waals surface area contributed by atoms with Gasteiger partial charge in [-0.15, -0.1) is 0 Å². The molecule has 134 valence electrons. The zero-order valence-corrected chi connectivity index (χ0v) is 14.3. The number of alkyl halides is 3. The Labute approximate surface area is 146 Å². The molecule has 1 aromatic carbocycles. The summed E-state index contributed by atoms with van der Waals surface area (Å²) in [6, 6.07) is 2.37. The zero-order valence-electron chi connectivity index (χ0n) is 12.7. The third kappa shape index (κ3) is 3.35. The number of benzene rings is 1. The van der Waals surface area contributed by atoms with E-state index in [1.807, 2.05) is 0 Å². The molecule has 2 aromatic rings. The molecule has 0 atom stereocenters. The van der Waals surface area contributed by atoms with E-state index >= 15 is 0 Å². The number of hydrogen-bond acceptors (Lipinski definition) is 3. The molecule has 1 aliphatic rings. The third-order valence-corrected chi connectivity index (χ3v) is 4.29. The van der Waals surface area contributed by atoms with Gasteiger partial charge >= 0.3 is 11.9 Å². The lowest BCUT2D eigenvalue weighted by Crippen LogP contribution is -2.41. The average Bonchev–Trinajstić information content (AvgIpc) is 3.30. The first kappa shape index (κ1) is 17.7. The molecule has 0 aliphatic heterocycles. The molecule has 1 aromatic heterocycles. The van der Waals surface area contributed by atoms with Gasteiger partial charge in [0.1, 0.15) is 17.3 Å². The normalized spacial score (nSPS) is 14.6. The van der Waals surface area contributed by atoms with Crippen LogP contribution < -0.4 is 16.0 Å². The molecule has 0 saturated heterocycles. The van der Waals surface area contributed by atoms with Gasteiger partial charge in [0.2, 0.25) is 0 Å². The minimum atomic E-state index is -4.88. The maximum atomic E-state index is 14.3. The summed E-state index contributed by atoms with van der Waals surface area (Å²) >= 11 is 3.11. The van der Waals surface area contributed by atoms with E-state index in [4.69, 9.17) is 4.74 Å². The predicted molar refractivity (Wildman–Crippen MR) is 83.6 cm³/mol. The van der Waals surface area contributed by atoms with Crippen LogP contribution in [0.3, 0.4) is 0 Å². The minimum absolute atomic E-state index is 0.0400. The van der Waals surface area contributed by atoms with Crippen LogP contribution in [0.1, 0.15) is 18.5 Å². The Morgan fingerprint density at radius 2 is 1.84 bits per heavy atom. The molecule has 0 radical (unpaired) electrons. The SMILES string of the molecule is Cn1c(C(F)(F)F)cc(=O)n(-c2cc(OC3CC3)c(Br)cc2F)c1=O. The van der Waals surface area contributed by atoms with Gasteiger partial charge in [-0.25, -0.2) is 13.8 Å². The average molecular weight is 423 g/mol. The van der Waals surface area contributed by atoms with Gasteiger partial charge in [-0.1, -0.05) is 0 Å². The maximum Gasteiger partial charge on any atom is 0.431 e. The van der Waals surface area contributed by atoms with Crippen LogP contribution in [0.25, 0.3) is 5.69 Å². The van der Waals surface area contributed by atoms with Crippen molar-refractivity contribution in [2.45, 2.75) is 25.1 Å². The number of nitrogens with zero attached hydrogens (tertiary/aromatic N) is 2. The standard InChI is InChI=1S/C15H11BrF4N2O3/c1-21-12(15(18,19)20)6-13(23)22(14(21)24)10-5-11(25-7-2-3-7)8(16)4-9(10)17/h4-7H,2-3H2,1H3. The molecule has 25 heavy (non-hydrogen) atoms. The van der Waals surface area contributed by atoms with E-state index in [9.17, 15) is 27.2 Å². The summed E-state index contributed by atoms with van der Waals surface area (Å²) in [6.07, 6.45) is -3.28. The van der Waals surface area contributed by atoms with E-state index < -0.39 is 34.6 Å². The largest absolute Gasteiger partial charge is 0.489 e. The molecule has 1 saturated carbocycles. The summed E-state index contributed by atoms with van der Waals surface area (Å²) in [4.78, 5) is 24.3. The molecular weight excluding hydrogens is 412 g/mol. The van der Waals surface area contributed by atoms with Crippen molar-refractivity contribution >= 4 is 15.9 Å². The molecule has 1 fully saturated rings. The van der Waals surface area contributed by atoms with Crippen molar-refractivity contribution in [3.8, 4) is 11.4 Å². The molecule has 0 spiro atoms. The van der Waals surface area contributed by atoms with Gasteiger partial charge in [0.05, 0.1) is 16.3 Å². The lowest BCUT2D eigenvalue weighted by atomic mass is 10.2. The van der Waals surface area contributed by atoms with Crippen LogP contribution in [0.5, 0.6) is 5.75 Å². The monoisotopic (exact) mass is 422 g/mol. The van der Waals surface area contributed by atoms with Crippen LogP contribution in [0.15, 0.2) is 32.3 Å². The first-order valence-electron chi connectivity index (χ1n) is 7.16. The van der Waals surface area contributed by atoms with Crippen molar-refractivity contribution < 1.29 is 22.3 Å². The first-order chi connectivity index (χ1) is 11.6. The van der Waals surface area contributed by atoms with E-state index in [0.717, 1.165) is 32.0 Å². The summed E-state index contributed by atoms with van der Waals surface area (Å²) < 4.78 is 59.3. The highest BCUT2D eigenvalue weighted by atomic mass is 79.9. The molecule has 1 heterocycles. The van der Waals surface area contributed by atoms with E-state index in [1.165, 1.54) is 0 Å². The summed E-state index contributed by atoms with van der Waals surface area (Å²) in [7, 11) is 0.861. The summed E-state index contributed by atoms with van der Waals surface area (Å²) in [5.41, 5.74) is -4.48. The highest BCUT2D eigenvalue weighted by Crippen LogP contribution is 2.34. The van der Waals surface area contributed by atoms with Crippen molar-refractivity contribution in [1.82, 2.24) is 9.13 Å². The number of halogens is 5. The quantitative estimate of drug-likeness (QED) is 0.714. The molecular formula is C15H11BrF4N2O3. The van der Waals surface area contributed by atoms with Crippen LogP contribution in [0.2, 0.25) is 0 Å². The van der Waals surface area contributed by atoms with Crippen molar-refractivity contribution in [2.24, 2.45) is 7.05 Å². The van der Waals surface area contributed by atoms with Gasteiger partial charge in [0.25, 0.3) is 5.56 Å². The van der Waals surface area contributed by atoms with Crippen molar-refractivity contribution in [3.63, 3.8) is 0 Å². The van der Waals surface area contributed by atoms with Crippen molar-refractivity contribution in [3.05, 3.63) is 55.0 Å². The molecule has 0 bridgehead atoms. The van der Waals surface area contributed by atoms with Gasteiger partial charge in [0.15, 0.2) is 0 Å². The highest BCUT2D eigenvalue weighted by Gasteiger charge is 2.35. The molecule has 0 amide bonds. The Bertz CT molecular complexity index is 961. The smallest absolute Gasteiger partial charge is 0.431 e. The molecule has 3 rings (SSSR count). The number of ether oxygens (including phenoxy) is 1. The Morgan fingerprint density at radius 1 is 1.20 bits per heavy atom. The van der Waals surface area contributed by atoms with Crippen molar-refractivity contribution in [2.75, 3.05) is 0 Å². The summed E-state index contributed by atoms with van der Waals surface area (Å²) in [6.45, 7) is 0. The number of aromatic nitrogens is 2. The number of rotatable bonds is 3. The Kier molecular flexibility index (Phi) is 4.26. The molecule has 5 nitrogen and oxygen atoms in total. The minimum Gasteiger partial charge on any atom is -0.489 e. The van der Waals surface area contributed by atoms with Crippen LogP contribution in [0, 0.1) is 5.82 Å². The van der Waals surface area contributed by atoms with E-state index in [0.29, 0.717) is 4.57 Å². The zero-order chi connectivity index (χ0) is 18.5. The molecule has 1 aliphatic carbocycles. The summed E-state index contributed by atoms with van der Waals surface area (Å²) in [5.74, 6) is -0.748. The van der Waals surface area contributed by atoms with Gasteiger partial charge in [-0.3, -0.25) is 9.36 Å². The maximum absolute atomic E-state index is 14.3. The lowest BCUT2D eigenvalue weighted by Gasteiger charge is -2.15. The van der Waals surface area contributed by atoms with Gasteiger partial charge in [0, 0.05) is 19.2 Å². The fourth-order valence-corrected chi connectivity index (χ4v) is 2.67. The molecule has 0 unspecified atom stereocenters. The Morgan fingerprint density at radius 3 is 2.40 bits per heavy atom. The van der Waals surface area contributed by atoms with Crippen LogP contribution in [-0.4, -0.2) is 15.2 Å². The summed E-state index contributed by atoms with van der Waals surface area (Å²) in [5, 5.41) is 0. The highest BCUT2D eigenvalue weighted by molar-refractivity contribution is 9.10. The van der Waals surface area contributed by atoms with E-state index in [2.05, 4.69) is 15.9 Å². The van der Waals surface area contributed by atoms with Gasteiger partial charge in [-0.05, 0) is 34.8 Å². The lowest BCUT2D eigenvalue weighted by molar-refractivity contribution is -0.144. The van der Waals surface area contributed by atoms with Crippen LogP contribution in [-0.2, 0) is 13.2 Å². The van der Waals surface area contributed by atoms with Crippen LogP contribution >= 0.6 is 15.9 Å². The first-order valence-corrected chi connectivity index (χ1v) is 7.95. The Hall–Kier alpha value is -2.10. The van der Waals surface area contributed by atoms with Gasteiger partial charge < -0.3 is 4.74 Å². The third-order valence-electron chi connectivity index (χ3n) is 3.67. The van der Waals surface area contributed by atoms with Crippen LogP contribution in [0.4, 0.5) is 17.6 Å². The molecule has 0 N–H and O–H groups in total. The Balaban J connectivity index is 2.21. The second-order valence-electron chi connectivity index (χ2n) is 5.59. The fourth-order valence-electron chi connectivity index (χ4n) is 2.26. The topological polar surface area (TPSA) is 53.2 Å². The predicted octanol–water partition coefficient (Wildman–Crippen LogP) is 3.00.